The summed E-state index contributed by atoms with van der Waals surface area (Å²) in [4.78, 5) is 14.5. The highest BCUT2D eigenvalue weighted by molar-refractivity contribution is 5.95. The molecule has 1 atom stereocenters. The van der Waals surface area contributed by atoms with Crippen LogP contribution >= 0.6 is 0 Å². The van der Waals surface area contributed by atoms with Gasteiger partial charge in [0.25, 0.3) is 5.91 Å². The van der Waals surface area contributed by atoms with E-state index >= 15 is 0 Å². The Balaban J connectivity index is 1.82. The van der Waals surface area contributed by atoms with E-state index in [1.807, 2.05) is 27.8 Å². The molecule has 5 nitrogen and oxygen atoms in total. The first-order valence-corrected chi connectivity index (χ1v) is 7.82. The summed E-state index contributed by atoms with van der Waals surface area (Å²) in [5.74, 6) is 0.0594. The molecule has 2 N–H and O–H groups in total. The molecule has 2 aromatic rings. The van der Waals surface area contributed by atoms with E-state index in [1.165, 1.54) is 5.56 Å². The lowest BCUT2D eigenvalue weighted by Crippen LogP contribution is -2.32. The number of carbonyl (C=O) groups is 1. The van der Waals surface area contributed by atoms with E-state index in [-0.39, 0.29) is 11.9 Å². The van der Waals surface area contributed by atoms with Crippen LogP contribution in [0, 0.1) is 0 Å². The Labute approximate surface area is 130 Å². The molecule has 0 saturated carbocycles. The maximum Gasteiger partial charge on any atom is 0.257 e. The number of amides is 1. The fourth-order valence-corrected chi connectivity index (χ4v) is 3.00. The van der Waals surface area contributed by atoms with E-state index in [4.69, 9.17) is 5.73 Å². The quantitative estimate of drug-likeness (QED) is 0.934. The molecule has 1 aromatic carbocycles. The van der Waals surface area contributed by atoms with Crippen molar-refractivity contribution in [1.29, 1.82) is 0 Å². The van der Waals surface area contributed by atoms with Crippen molar-refractivity contribution < 1.29 is 4.79 Å². The normalized spacial score (nSPS) is 17.9. The summed E-state index contributed by atoms with van der Waals surface area (Å²) in [6.45, 7) is 4.14. The summed E-state index contributed by atoms with van der Waals surface area (Å²) in [6, 6.07) is 10.3. The number of aromatic nitrogens is 2. The molecule has 1 aliphatic heterocycles. The maximum absolute atomic E-state index is 12.7. The predicted molar refractivity (Wildman–Crippen MR) is 85.6 cm³/mol. The summed E-state index contributed by atoms with van der Waals surface area (Å²) in [7, 11) is 0. The minimum atomic E-state index is 0.0594. The maximum atomic E-state index is 12.7. The second-order valence-corrected chi connectivity index (χ2v) is 5.80. The van der Waals surface area contributed by atoms with Crippen LogP contribution in [-0.2, 0) is 13.0 Å². The third-order valence-electron chi connectivity index (χ3n) is 4.20. The number of nitrogens with two attached hydrogens (primary N) is 1. The van der Waals surface area contributed by atoms with Crippen molar-refractivity contribution in [1.82, 2.24) is 14.7 Å². The van der Waals surface area contributed by atoms with Crippen LogP contribution in [0.25, 0.3) is 0 Å². The molecule has 1 amide bonds. The molecule has 1 aromatic heterocycles. The first kappa shape index (κ1) is 14.8. The zero-order valence-corrected chi connectivity index (χ0v) is 12.9. The molecule has 22 heavy (non-hydrogen) atoms. The minimum absolute atomic E-state index is 0.0594. The smallest absolute Gasteiger partial charge is 0.257 e. The van der Waals surface area contributed by atoms with Crippen LogP contribution in [0.15, 0.2) is 36.5 Å². The number of likely N-dealkylation sites (tertiary alicyclic amines) is 1. The number of benzene rings is 1. The van der Waals surface area contributed by atoms with Crippen LogP contribution < -0.4 is 5.73 Å². The SMILES string of the molecule is CCc1c(C(=O)N2CC[C@H](N)C2)cnn1Cc1ccccc1. The van der Waals surface area contributed by atoms with Gasteiger partial charge in [0.05, 0.1) is 24.0 Å². The van der Waals surface area contributed by atoms with Crippen molar-refractivity contribution in [3.63, 3.8) is 0 Å². The van der Waals surface area contributed by atoms with Crippen molar-refractivity contribution >= 4 is 5.91 Å². The standard InChI is InChI=1S/C17H22N4O/c1-2-16-15(17(22)20-9-8-14(18)12-20)10-19-21(16)11-13-6-4-3-5-7-13/h3-7,10,14H,2,8-9,11-12,18H2,1H3/t14-/m0/s1. The largest absolute Gasteiger partial charge is 0.337 e. The molecule has 2 heterocycles. The van der Waals surface area contributed by atoms with Gasteiger partial charge < -0.3 is 10.6 Å². The Hall–Kier alpha value is -2.14. The third-order valence-corrected chi connectivity index (χ3v) is 4.20. The lowest BCUT2D eigenvalue weighted by Gasteiger charge is -2.16. The third kappa shape index (κ3) is 2.90. The molecule has 0 unspecified atom stereocenters. The Bertz CT molecular complexity index is 650. The molecule has 1 saturated heterocycles. The Morgan fingerprint density at radius 2 is 2.14 bits per heavy atom. The van der Waals surface area contributed by atoms with E-state index < -0.39 is 0 Å². The number of rotatable bonds is 4. The van der Waals surface area contributed by atoms with Gasteiger partial charge in [0.1, 0.15) is 0 Å². The van der Waals surface area contributed by atoms with Gasteiger partial charge >= 0.3 is 0 Å². The van der Waals surface area contributed by atoms with Crippen LogP contribution in [0.3, 0.4) is 0 Å². The van der Waals surface area contributed by atoms with Gasteiger partial charge in [-0.3, -0.25) is 9.48 Å². The Morgan fingerprint density at radius 1 is 1.36 bits per heavy atom. The van der Waals surface area contributed by atoms with Crippen LogP contribution in [0.4, 0.5) is 0 Å². The van der Waals surface area contributed by atoms with Gasteiger partial charge in [-0.15, -0.1) is 0 Å². The molecule has 0 radical (unpaired) electrons. The summed E-state index contributed by atoms with van der Waals surface area (Å²) in [5.41, 5.74) is 8.80. The molecule has 0 bridgehead atoms. The highest BCUT2D eigenvalue weighted by atomic mass is 16.2. The minimum Gasteiger partial charge on any atom is -0.337 e. The summed E-state index contributed by atoms with van der Waals surface area (Å²) in [5, 5.41) is 4.43. The second kappa shape index (κ2) is 6.32. The average Bonchev–Trinajstić information content (AvgIpc) is 3.14. The van der Waals surface area contributed by atoms with Crippen molar-refractivity contribution in [3.05, 3.63) is 53.3 Å². The van der Waals surface area contributed by atoms with Gasteiger partial charge in [-0.2, -0.15) is 5.10 Å². The molecule has 1 fully saturated rings. The number of carbonyl (C=O) groups excluding carboxylic acids is 1. The predicted octanol–water partition coefficient (Wildman–Crippen LogP) is 1.67. The van der Waals surface area contributed by atoms with E-state index in [1.54, 1.807) is 6.20 Å². The van der Waals surface area contributed by atoms with Crippen LogP contribution in [-0.4, -0.2) is 39.7 Å². The van der Waals surface area contributed by atoms with E-state index in [9.17, 15) is 4.79 Å². The molecular formula is C17H22N4O. The van der Waals surface area contributed by atoms with E-state index in [0.717, 1.165) is 25.1 Å². The first-order valence-electron chi connectivity index (χ1n) is 7.82. The molecule has 116 valence electrons. The van der Waals surface area contributed by atoms with Crippen molar-refractivity contribution in [2.24, 2.45) is 5.73 Å². The number of hydrogen-bond donors (Lipinski definition) is 1. The van der Waals surface area contributed by atoms with Gasteiger partial charge in [0, 0.05) is 19.1 Å². The molecule has 1 aliphatic rings. The van der Waals surface area contributed by atoms with E-state index in [0.29, 0.717) is 18.7 Å². The average molecular weight is 298 g/mol. The molecule has 0 aliphatic carbocycles. The number of hydrogen-bond acceptors (Lipinski definition) is 3. The van der Waals surface area contributed by atoms with Gasteiger partial charge in [-0.25, -0.2) is 0 Å². The van der Waals surface area contributed by atoms with Gasteiger partial charge in [0.2, 0.25) is 0 Å². The highest BCUT2D eigenvalue weighted by Gasteiger charge is 2.27. The summed E-state index contributed by atoms with van der Waals surface area (Å²) in [6.07, 6.45) is 3.37. The molecule has 0 spiro atoms. The fourth-order valence-electron chi connectivity index (χ4n) is 3.00. The summed E-state index contributed by atoms with van der Waals surface area (Å²) < 4.78 is 1.93. The topological polar surface area (TPSA) is 64.2 Å². The fraction of sp³-hybridized carbons (Fsp3) is 0.412. The monoisotopic (exact) mass is 298 g/mol. The molecular weight excluding hydrogens is 276 g/mol. The van der Waals surface area contributed by atoms with Crippen molar-refractivity contribution in [2.45, 2.75) is 32.4 Å². The highest BCUT2D eigenvalue weighted by Crippen LogP contribution is 2.17. The van der Waals surface area contributed by atoms with Gasteiger partial charge in [-0.05, 0) is 18.4 Å². The molecule has 5 heteroatoms. The van der Waals surface area contributed by atoms with Gasteiger partial charge in [-0.1, -0.05) is 37.3 Å². The first-order chi connectivity index (χ1) is 10.7. The van der Waals surface area contributed by atoms with Crippen LogP contribution in [0.2, 0.25) is 0 Å². The second-order valence-electron chi connectivity index (χ2n) is 5.80. The van der Waals surface area contributed by atoms with Gasteiger partial charge in [0.15, 0.2) is 0 Å². The van der Waals surface area contributed by atoms with Crippen LogP contribution in [0.1, 0.15) is 35.0 Å². The van der Waals surface area contributed by atoms with Crippen LogP contribution in [0.5, 0.6) is 0 Å². The molecule has 3 rings (SSSR count). The summed E-state index contributed by atoms with van der Waals surface area (Å²) >= 11 is 0. The lowest BCUT2D eigenvalue weighted by atomic mass is 10.1. The Morgan fingerprint density at radius 3 is 2.77 bits per heavy atom. The number of nitrogens with zero attached hydrogens (tertiary/aromatic N) is 3. The van der Waals surface area contributed by atoms with Crippen molar-refractivity contribution in [2.75, 3.05) is 13.1 Å². The van der Waals surface area contributed by atoms with Crippen molar-refractivity contribution in [3.8, 4) is 0 Å². The lowest BCUT2D eigenvalue weighted by molar-refractivity contribution is 0.0789. The van der Waals surface area contributed by atoms with E-state index in [2.05, 4.69) is 24.2 Å². The Kier molecular flexibility index (Phi) is 4.24. The zero-order valence-electron chi connectivity index (χ0n) is 12.9. The zero-order chi connectivity index (χ0) is 15.5.